The highest BCUT2D eigenvalue weighted by atomic mass is 32.1. The van der Waals surface area contributed by atoms with Crippen molar-refractivity contribution in [2.75, 3.05) is 23.7 Å². The minimum Gasteiger partial charge on any atom is -0.397 e. The Morgan fingerprint density at radius 3 is 2.80 bits per heavy atom. The van der Waals surface area contributed by atoms with Crippen molar-refractivity contribution in [1.29, 1.82) is 0 Å². The number of pyridine rings is 1. The van der Waals surface area contributed by atoms with Crippen molar-refractivity contribution < 1.29 is 4.79 Å². The number of nitrogens with two attached hydrogens (primary N) is 2. The van der Waals surface area contributed by atoms with Crippen LogP contribution in [0.15, 0.2) is 42.6 Å². The van der Waals surface area contributed by atoms with E-state index in [9.17, 15) is 4.79 Å². The van der Waals surface area contributed by atoms with Crippen molar-refractivity contribution in [3.05, 3.63) is 53.0 Å². The van der Waals surface area contributed by atoms with Crippen LogP contribution in [-0.4, -0.2) is 24.0 Å². The maximum absolute atomic E-state index is 11.6. The molecular weight excluding hydrogens is 332 g/mol. The fourth-order valence-corrected chi connectivity index (χ4v) is 4.60. The SMILES string of the molecule is NC(=O)c1sc2nccc(N3CCCC(c4ccccc4)C3)c2c1N. The molecule has 2 aromatic heterocycles. The molecule has 1 fully saturated rings. The molecule has 0 aliphatic carbocycles. The summed E-state index contributed by atoms with van der Waals surface area (Å²) in [5.74, 6) is 0.000826. The van der Waals surface area contributed by atoms with Gasteiger partial charge >= 0.3 is 0 Å². The maximum atomic E-state index is 11.6. The van der Waals surface area contributed by atoms with Crippen LogP contribution in [0.3, 0.4) is 0 Å². The number of rotatable bonds is 3. The van der Waals surface area contributed by atoms with E-state index in [4.69, 9.17) is 11.5 Å². The van der Waals surface area contributed by atoms with Gasteiger partial charge in [-0.05, 0) is 24.5 Å². The molecule has 0 spiro atoms. The molecule has 6 heteroatoms. The van der Waals surface area contributed by atoms with Gasteiger partial charge in [-0.3, -0.25) is 4.79 Å². The Morgan fingerprint density at radius 2 is 2.04 bits per heavy atom. The summed E-state index contributed by atoms with van der Waals surface area (Å²) in [6.45, 7) is 1.91. The summed E-state index contributed by atoms with van der Waals surface area (Å²) in [5.41, 5.74) is 14.6. The molecule has 1 amide bonds. The number of carbonyl (C=O) groups is 1. The Bertz CT molecular complexity index is 922. The van der Waals surface area contributed by atoms with E-state index < -0.39 is 5.91 Å². The maximum Gasteiger partial charge on any atom is 0.260 e. The number of carbonyl (C=O) groups excluding carboxylic acids is 1. The highest BCUT2D eigenvalue weighted by molar-refractivity contribution is 7.21. The summed E-state index contributed by atoms with van der Waals surface area (Å²) in [4.78, 5) is 19.5. The lowest BCUT2D eigenvalue weighted by molar-refractivity contribution is 0.100. The summed E-state index contributed by atoms with van der Waals surface area (Å²) >= 11 is 1.27. The number of anilines is 2. The zero-order valence-electron chi connectivity index (χ0n) is 13.8. The predicted octanol–water partition coefficient (Wildman–Crippen LogP) is 3.36. The Hall–Kier alpha value is -2.60. The van der Waals surface area contributed by atoms with Crippen LogP contribution >= 0.6 is 11.3 Å². The van der Waals surface area contributed by atoms with Crippen molar-refractivity contribution in [3.8, 4) is 0 Å². The molecule has 5 nitrogen and oxygen atoms in total. The van der Waals surface area contributed by atoms with Crippen LogP contribution in [0.2, 0.25) is 0 Å². The number of aromatic nitrogens is 1. The number of hydrogen-bond donors (Lipinski definition) is 2. The number of amides is 1. The van der Waals surface area contributed by atoms with Crippen LogP contribution < -0.4 is 16.4 Å². The van der Waals surface area contributed by atoms with Crippen LogP contribution in [-0.2, 0) is 0 Å². The molecule has 4 rings (SSSR count). The number of piperidine rings is 1. The molecule has 1 unspecified atom stereocenters. The van der Waals surface area contributed by atoms with E-state index in [1.54, 1.807) is 6.20 Å². The van der Waals surface area contributed by atoms with Crippen LogP contribution in [0, 0.1) is 0 Å². The van der Waals surface area contributed by atoms with Gasteiger partial charge < -0.3 is 16.4 Å². The summed E-state index contributed by atoms with van der Waals surface area (Å²) in [6.07, 6.45) is 4.08. The standard InChI is InChI=1S/C19H20N4OS/c20-16-15-14(8-9-22-19(15)25-17(16)18(21)24)23-10-4-7-13(11-23)12-5-2-1-3-6-12/h1-3,5-6,8-9,13H,4,7,10-11,20H2,(H2,21,24). The van der Waals surface area contributed by atoms with Crippen molar-refractivity contribution in [2.24, 2.45) is 5.73 Å². The van der Waals surface area contributed by atoms with E-state index in [0.29, 0.717) is 16.5 Å². The second-order valence-electron chi connectivity index (χ2n) is 6.42. The highest BCUT2D eigenvalue weighted by Gasteiger charge is 2.25. The zero-order chi connectivity index (χ0) is 17.4. The van der Waals surface area contributed by atoms with Gasteiger partial charge in [0.2, 0.25) is 0 Å². The molecule has 3 heterocycles. The van der Waals surface area contributed by atoms with Gasteiger partial charge in [0.05, 0.1) is 16.8 Å². The van der Waals surface area contributed by atoms with Crippen molar-refractivity contribution in [3.63, 3.8) is 0 Å². The van der Waals surface area contributed by atoms with E-state index in [1.807, 2.05) is 12.1 Å². The third kappa shape index (κ3) is 2.82. The Morgan fingerprint density at radius 1 is 1.24 bits per heavy atom. The third-order valence-electron chi connectivity index (χ3n) is 4.86. The fraction of sp³-hybridized carbons (Fsp3) is 0.263. The molecule has 1 aromatic carbocycles. The monoisotopic (exact) mass is 352 g/mol. The number of thiophene rings is 1. The smallest absolute Gasteiger partial charge is 0.260 e. The molecule has 128 valence electrons. The van der Waals surface area contributed by atoms with Crippen LogP contribution in [0.5, 0.6) is 0 Å². The highest BCUT2D eigenvalue weighted by Crippen LogP contribution is 2.40. The number of nitrogens with zero attached hydrogens (tertiary/aromatic N) is 2. The first-order valence-electron chi connectivity index (χ1n) is 8.42. The van der Waals surface area contributed by atoms with Gasteiger partial charge in [-0.25, -0.2) is 4.98 Å². The third-order valence-corrected chi connectivity index (χ3v) is 5.99. The minimum absolute atomic E-state index is 0.395. The zero-order valence-corrected chi connectivity index (χ0v) is 14.6. The van der Waals surface area contributed by atoms with Crippen LogP contribution in [0.4, 0.5) is 11.4 Å². The van der Waals surface area contributed by atoms with Crippen molar-refractivity contribution in [2.45, 2.75) is 18.8 Å². The first-order chi connectivity index (χ1) is 12.1. The second-order valence-corrected chi connectivity index (χ2v) is 7.41. The molecule has 4 N–H and O–H groups in total. The number of fused-ring (bicyclic) bond motifs is 1. The topological polar surface area (TPSA) is 85.2 Å². The number of benzene rings is 1. The summed E-state index contributed by atoms with van der Waals surface area (Å²) in [6, 6.07) is 12.6. The quantitative estimate of drug-likeness (QED) is 0.757. The molecule has 0 saturated carbocycles. The van der Waals surface area contributed by atoms with Crippen LogP contribution in [0.25, 0.3) is 10.2 Å². The van der Waals surface area contributed by atoms with Gasteiger partial charge in [0, 0.05) is 25.2 Å². The lowest BCUT2D eigenvalue weighted by atomic mass is 9.90. The molecule has 3 aromatic rings. The number of primary amides is 1. The largest absolute Gasteiger partial charge is 0.397 e. The van der Waals surface area contributed by atoms with Crippen LogP contribution in [0.1, 0.15) is 34.0 Å². The van der Waals surface area contributed by atoms with E-state index in [2.05, 4.69) is 34.1 Å². The van der Waals surface area contributed by atoms with Gasteiger partial charge in [0.1, 0.15) is 9.71 Å². The van der Waals surface area contributed by atoms with Crippen molar-refractivity contribution >= 4 is 38.8 Å². The lowest BCUT2D eigenvalue weighted by Crippen LogP contribution is -2.34. The average Bonchev–Trinajstić information content (AvgIpc) is 3.00. The molecule has 1 atom stereocenters. The predicted molar refractivity (Wildman–Crippen MR) is 103 cm³/mol. The van der Waals surface area contributed by atoms with E-state index >= 15 is 0 Å². The molecule has 25 heavy (non-hydrogen) atoms. The molecule has 1 saturated heterocycles. The molecule has 0 bridgehead atoms. The minimum atomic E-state index is -0.493. The Balaban J connectivity index is 1.73. The average molecular weight is 352 g/mol. The van der Waals surface area contributed by atoms with E-state index in [0.717, 1.165) is 35.4 Å². The lowest BCUT2D eigenvalue weighted by Gasteiger charge is -2.35. The molecule has 1 aliphatic heterocycles. The van der Waals surface area contributed by atoms with Gasteiger partial charge in [0.15, 0.2) is 0 Å². The van der Waals surface area contributed by atoms with Crippen molar-refractivity contribution in [1.82, 2.24) is 4.98 Å². The fourth-order valence-electron chi connectivity index (χ4n) is 3.67. The second kappa shape index (κ2) is 6.37. The Kier molecular flexibility index (Phi) is 4.05. The van der Waals surface area contributed by atoms with E-state index in [-0.39, 0.29) is 0 Å². The summed E-state index contributed by atoms with van der Waals surface area (Å²) < 4.78 is 0. The van der Waals surface area contributed by atoms with E-state index in [1.165, 1.54) is 23.3 Å². The van der Waals surface area contributed by atoms with Gasteiger partial charge in [-0.15, -0.1) is 11.3 Å². The Labute approximate surface area is 150 Å². The molecular formula is C19H20N4OS. The molecule has 1 aliphatic rings. The number of hydrogen-bond acceptors (Lipinski definition) is 5. The van der Waals surface area contributed by atoms with Gasteiger partial charge in [0.25, 0.3) is 5.91 Å². The first kappa shape index (κ1) is 15.9. The number of nitrogen functional groups attached to an aromatic ring is 1. The summed E-state index contributed by atoms with van der Waals surface area (Å²) in [7, 11) is 0. The summed E-state index contributed by atoms with van der Waals surface area (Å²) in [5, 5.41) is 0.856. The van der Waals surface area contributed by atoms with Gasteiger partial charge in [-0.1, -0.05) is 30.3 Å². The first-order valence-corrected chi connectivity index (χ1v) is 9.23. The van der Waals surface area contributed by atoms with Gasteiger partial charge in [-0.2, -0.15) is 0 Å². The normalized spacial score (nSPS) is 17.8. The molecule has 0 radical (unpaired) electrons.